The number of esters is 1. The van der Waals surface area contributed by atoms with E-state index < -0.39 is 16.8 Å². The van der Waals surface area contributed by atoms with Crippen LogP contribution in [0.15, 0.2) is 41.3 Å². The lowest BCUT2D eigenvalue weighted by atomic mass is 9.80. The Kier molecular flexibility index (Phi) is 8.38. The molecule has 35 heavy (non-hydrogen) atoms. The first-order valence-electron chi connectivity index (χ1n) is 12.3. The van der Waals surface area contributed by atoms with Gasteiger partial charge in [-0.2, -0.15) is 0 Å². The fourth-order valence-electron chi connectivity index (χ4n) is 4.82. The number of carbonyl (C=O) groups excluding carboxylic acids is 2. The molecule has 0 radical (unpaired) electrons. The van der Waals surface area contributed by atoms with Crippen LogP contribution in [0.1, 0.15) is 76.1 Å². The predicted octanol–water partition coefficient (Wildman–Crippen LogP) is 5.76. The molecule has 0 spiro atoms. The van der Waals surface area contributed by atoms with Gasteiger partial charge in [0.1, 0.15) is 5.60 Å². The highest BCUT2D eigenvalue weighted by Crippen LogP contribution is 2.42. The molecule has 2 unspecified atom stereocenters. The van der Waals surface area contributed by atoms with Crippen molar-refractivity contribution < 1.29 is 19.4 Å². The fourth-order valence-corrected chi connectivity index (χ4v) is 6.17. The molecule has 2 aromatic rings. The Morgan fingerprint density at radius 2 is 1.83 bits per heavy atom. The van der Waals surface area contributed by atoms with Gasteiger partial charge in [-0.3, -0.25) is 9.59 Å². The summed E-state index contributed by atoms with van der Waals surface area (Å²) < 4.78 is 6.14. The van der Waals surface area contributed by atoms with Gasteiger partial charge in [0.25, 0.3) is 0 Å². The number of ketones is 1. The van der Waals surface area contributed by atoms with Crippen LogP contribution in [0.3, 0.4) is 0 Å². The van der Waals surface area contributed by atoms with Crippen molar-refractivity contribution in [1.82, 2.24) is 0 Å². The van der Waals surface area contributed by atoms with Crippen molar-refractivity contribution in [1.29, 1.82) is 0 Å². The van der Waals surface area contributed by atoms with Gasteiger partial charge in [0.15, 0.2) is 11.0 Å². The molecule has 0 bridgehead atoms. The molecule has 1 saturated heterocycles. The van der Waals surface area contributed by atoms with Crippen LogP contribution < -0.4 is 5.73 Å². The number of nitrogens with two attached hydrogens (primary N) is 1. The molecule has 3 rings (SSSR count). The second-order valence-electron chi connectivity index (χ2n) is 11.3. The van der Waals surface area contributed by atoms with Crippen molar-refractivity contribution in [2.45, 2.75) is 95.0 Å². The minimum Gasteiger partial charge on any atom is -0.457 e. The molecule has 3 N–H and O–H groups in total. The number of benzene rings is 2. The van der Waals surface area contributed by atoms with Crippen LogP contribution >= 0.6 is 11.8 Å². The van der Waals surface area contributed by atoms with Crippen LogP contribution in [0, 0.1) is 12.8 Å². The Morgan fingerprint density at radius 1 is 1.17 bits per heavy atom. The van der Waals surface area contributed by atoms with Gasteiger partial charge < -0.3 is 15.6 Å². The van der Waals surface area contributed by atoms with Crippen LogP contribution in [0.2, 0.25) is 0 Å². The first-order chi connectivity index (χ1) is 16.3. The summed E-state index contributed by atoms with van der Waals surface area (Å²) in [6.45, 7) is 12.3. The summed E-state index contributed by atoms with van der Waals surface area (Å²) >= 11 is 1.28. The molecule has 1 heterocycles. The number of ether oxygens (including phenoxy) is 1. The Balaban J connectivity index is 1.85. The van der Waals surface area contributed by atoms with Gasteiger partial charge in [-0.15, -0.1) is 11.8 Å². The third kappa shape index (κ3) is 6.68. The number of Topliss-reactive ketones (excluding diaryl/α,β-unsaturated/α-hetero) is 1. The summed E-state index contributed by atoms with van der Waals surface area (Å²) in [6, 6.07) is 11.7. The maximum Gasteiger partial charge on any atom is 0.327 e. The van der Waals surface area contributed by atoms with E-state index in [1.807, 2.05) is 43.3 Å². The van der Waals surface area contributed by atoms with Crippen LogP contribution in [-0.2, 0) is 32.8 Å². The Morgan fingerprint density at radius 3 is 2.37 bits per heavy atom. The van der Waals surface area contributed by atoms with Crippen LogP contribution in [0.25, 0.3) is 0 Å². The van der Waals surface area contributed by atoms with Crippen molar-refractivity contribution >= 4 is 29.2 Å². The summed E-state index contributed by atoms with van der Waals surface area (Å²) in [6.07, 6.45) is 2.18. The van der Waals surface area contributed by atoms with Gasteiger partial charge in [-0.1, -0.05) is 52.8 Å². The van der Waals surface area contributed by atoms with Crippen LogP contribution in [0.5, 0.6) is 0 Å². The van der Waals surface area contributed by atoms with E-state index in [9.17, 15) is 14.7 Å². The quantitative estimate of drug-likeness (QED) is 0.274. The molecule has 2 atom stereocenters. The van der Waals surface area contributed by atoms with E-state index in [-0.39, 0.29) is 30.1 Å². The number of carbonyl (C=O) groups is 2. The summed E-state index contributed by atoms with van der Waals surface area (Å²) in [4.78, 5) is 27.7. The molecule has 0 aliphatic carbocycles. The molecule has 1 aliphatic rings. The fraction of sp³-hybridized carbons (Fsp3) is 0.517. The third-order valence-electron chi connectivity index (χ3n) is 6.61. The molecule has 0 amide bonds. The number of thioether (sulfide) groups is 1. The molecule has 2 aromatic carbocycles. The number of nitrogen functional groups attached to an aromatic ring is 1. The minimum atomic E-state index is -0.882. The molecule has 0 saturated carbocycles. The predicted molar refractivity (Wildman–Crippen MR) is 143 cm³/mol. The molecule has 6 heteroatoms. The highest BCUT2D eigenvalue weighted by Gasteiger charge is 2.47. The summed E-state index contributed by atoms with van der Waals surface area (Å²) in [5, 5.41) is 8.86. The minimum absolute atomic E-state index is 0.0456. The molecule has 1 fully saturated rings. The standard InChI is InChI=1S/C29H39NO4S/c1-18(2)15-29(12-11-20-7-9-22(30)10-8-20)16-24(32)26(27(33)34-29)35-25-13-19(3)21(17-31)14-23(25)28(4,5)6/h7-10,13-14,18,26,31H,11-12,15-17,30H2,1-6H3. The zero-order valence-electron chi connectivity index (χ0n) is 21.8. The number of hydrogen-bond donors (Lipinski definition) is 2. The number of anilines is 1. The van der Waals surface area contributed by atoms with E-state index >= 15 is 0 Å². The van der Waals surface area contributed by atoms with E-state index in [1.54, 1.807) is 0 Å². The topological polar surface area (TPSA) is 89.6 Å². The van der Waals surface area contributed by atoms with Crippen molar-refractivity contribution in [2.24, 2.45) is 5.92 Å². The second-order valence-corrected chi connectivity index (χ2v) is 12.4. The van der Waals surface area contributed by atoms with Gasteiger partial charge in [0.2, 0.25) is 0 Å². The number of cyclic esters (lactones) is 1. The third-order valence-corrected chi connectivity index (χ3v) is 7.89. The average Bonchev–Trinajstić information content (AvgIpc) is 2.75. The maximum atomic E-state index is 13.5. The van der Waals surface area contributed by atoms with Crippen molar-refractivity contribution in [3.8, 4) is 0 Å². The van der Waals surface area contributed by atoms with Gasteiger partial charge in [0.05, 0.1) is 6.61 Å². The zero-order valence-corrected chi connectivity index (χ0v) is 22.6. The molecule has 190 valence electrons. The van der Waals surface area contributed by atoms with E-state index in [2.05, 4.69) is 34.6 Å². The summed E-state index contributed by atoms with van der Waals surface area (Å²) in [5.41, 5.74) is 9.44. The van der Waals surface area contributed by atoms with E-state index in [0.29, 0.717) is 24.9 Å². The molecule has 0 aromatic heterocycles. The Labute approximate surface area is 213 Å². The monoisotopic (exact) mass is 497 g/mol. The number of hydrogen-bond acceptors (Lipinski definition) is 6. The van der Waals surface area contributed by atoms with Crippen molar-refractivity contribution in [2.75, 3.05) is 5.73 Å². The van der Waals surface area contributed by atoms with Crippen molar-refractivity contribution in [3.63, 3.8) is 0 Å². The molecular formula is C29H39NO4S. The van der Waals surface area contributed by atoms with E-state index in [0.717, 1.165) is 27.1 Å². The molecular weight excluding hydrogens is 458 g/mol. The van der Waals surface area contributed by atoms with Gasteiger partial charge >= 0.3 is 5.97 Å². The number of aliphatic hydroxyl groups is 1. The van der Waals surface area contributed by atoms with Crippen molar-refractivity contribution in [3.05, 3.63) is 58.7 Å². The van der Waals surface area contributed by atoms with Gasteiger partial charge in [-0.05, 0) is 78.0 Å². The smallest absolute Gasteiger partial charge is 0.327 e. The van der Waals surface area contributed by atoms with Gasteiger partial charge in [-0.25, -0.2) is 0 Å². The maximum absolute atomic E-state index is 13.5. The lowest BCUT2D eigenvalue weighted by Crippen LogP contribution is -2.50. The molecule has 1 aliphatic heterocycles. The van der Waals surface area contributed by atoms with Crippen LogP contribution in [0.4, 0.5) is 5.69 Å². The zero-order chi connectivity index (χ0) is 26.0. The first kappa shape index (κ1) is 27.3. The van der Waals surface area contributed by atoms with Crippen LogP contribution in [-0.4, -0.2) is 27.7 Å². The second kappa shape index (κ2) is 10.8. The summed E-state index contributed by atoms with van der Waals surface area (Å²) in [5.74, 6) is -0.242. The largest absolute Gasteiger partial charge is 0.457 e. The highest BCUT2D eigenvalue weighted by atomic mass is 32.2. The number of rotatable bonds is 8. The van der Waals surface area contributed by atoms with E-state index in [4.69, 9.17) is 10.5 Å². The number of aliphatic hydroxyl groups excluding tert-OH is 1. The molecule has 5 nitrogen and oxygen atoms in total. The average molecular weight is 498 g/mol. The Hall–Kier alpha value is -2.31. The summed E-state index contributed by atoms with van der Waals surface area (Å²) in [7, 11) is 0. The highest BCUT2D eigenvalue weighted by molar-refractivity contribution is 8.01. The normalized spacial score (nSPS) is 20.9. The number of aryl methyl sites for hydroxylation is 2. The SMILES string of the molecule is Cc1cc(SC2C(=O)CC(CCc3ccc(N)cc3)(CC(C)C)OC2=O)c(C(C)(C)C)cc1CO. The first-order valence-corrected chi connectivity index (χ1v) is 13.2. The lowest BCUT2D eigenvalue weighted by Gasteiger charge is -2.40. The van der Waals surface area contributed by atoms with E-state index in [1.165, 1.54) is 11.8 Å². The lowest BCUT2D eigenvalue weighted by molar-refractivity contribution is -0.172. The van der Waals surface area contributed by atoms with Gasteiger partial charge in [0, 0.05) is 17.0 Å². The Bertz CT molecular complexity index is 1050.